The molecule has 1 N–H and O–H groups in total. The lowest BCUT2D eigenvalue weighted by Gasteiger charge is -1.99. The third-order valence-corrected chi connectivity index (χ3v) is 1.48. The quantitative estimate of drug-likeness (QED) is 0.685. The van der Waals surface area contributed by atoms with Crippen molar-refractivity contribution < 1.29 is 18.8 Å². The van der Waals surface area contributed by atoms with Crippen molar-refractivity contribution in [1.82, 2.24) is 10.5 Å². The fraction of sp³-hybridized carbons (Fsp3) is 0.375. The summed E-state index contributed by atoms with van der Waals surface area (Å²) in [5.74, 6) is -0.445. The first-order chi connectivity index (χ1) is 6.63. The maximum atomic E-state index is 11.2. The molecule has 1 heterocycles. The molecule has 1 aromatic heterocycles. The largest absolute Gasteiger partial charge is 0.468 e. The van der Waals surface area contributed by atoms with Gasteiger partial charge >= 0.3 is 5.97 Å². The predicted molar refractivity (Wildman–Crippen MR) is 45.6 cm³/mol. The fourth-order valence-corrected chi connectivity index (χ4v) is 0.789. The molecule has 0 saturated carbocycles. The van der Waals surface area contributed by atoms with Crippen LogP contribution in [0.2, 0.25) is 0 Å². The zero-order valence-corrected chi connectivity index (χ0v) is 7.86. The van der Waals surface area contributed by atoms with Crippen molar-refractivity contribution in [2.45, 2.75) is 6.92 Å². The van der Waals surface area contributed by atoms with Gasteiger partial charge < -0.3 is 14.6 Å². The lowest BCUT2D eigenvalue weighted by molar-refractivity contribution is -0.139. The second-order valence-corrected chi connectivity index (χ2v) is 2.58. The smallest absolute Gasteiger partial charge is 0.325 e. The Morgan fingerprint density at radius 2 is 2.36 bits per heavy atom. The van der Waals surface area contributed by atoms with Gasteiger partial charge in [0, 0.05) is 6.07 Å². The molecule has 0 saturated heterocycles. The standard InChI is InChI=1S/C8H10N2O4/c1-5-3-6(10-14-5)8(12)9-4-7(11)13-2/h3H,4H2,1-2H3,(H,9,12). The normalized spacial score (nSPS) is 9.57. The summed E-state index contributed by atoms with van der Waals surface area (Å²) in [6.45, 7) is 1.49. The van der Waals surface area contributed by atoms with Gasteiger partial charge in [-0.3, -0.25) is 9.59 Å². The molecule has 0 atom stereocenters. The van der Waals surface area contributed by atoms with Crippen molar-refractivity contribution in [3.63, 3.8) is 0 Å². The molecule has 0 radical (unpaired) electrons. The second kappa shape index (κ2) is 4.40. The minimum atomic E-state index is -0.515. The Balaban J connectivity index is 2.47. The van der Waals surface area contributed by atoms with E-state index in [0.29, 0.717) is 5.76 Å². The number of aryl methyl sites for hydroxylation is 1. The van der Waals surface area contributed by atoms with Gasteiger partial charge in [-0.25, -0.2) is 0 Å². The number of nitrogens with one attached hydrogen (secondary N) is 1. The maximum Gasteiger partial charge on any atom is 0.325 e. The van der Waals surface area contributed by atoms with E-state index in [1.165, 1.54) is 13.2 Å². The van der Waals surface area contributed by atoms with Crippen LogP contribution < -0.4 is 5.32 Å². The first-order valence-corrected chi connectivity index (χ1v) is 3.92. The number of hydrogen-bond donors (Lipinski definition) is 1. The van der Waals surface area contributed by atoms with Gasteiger partial charge in [-0.2, -0.15) is 0 Å². The lowest BCUT2D eigenvalue weighted by Crippen LogP contribution is -2.30. The molecule has 1 amide bonds. The molecule has 0 unspecified atom stereocenters. The van der Waals surface area contributed by atoms with E-state index in [1.807, 2.05) is 0 Å². The first kappa shape index (κ1) is 10.2. The molecule has 0 aromatic carbocycles. The summed E-state index contributed by atoms with van der Waals surface area (Å²) in [5, 5.41) is 5.81. The minimum absolute atomic E-state index is 0.145. The van der Waals surface area contributed by atoms with E-state index < -0.39 is 11.9 Å². The van der Waals surface area contributed by atoms with Crippen LogP contribution in [0, 0.1) is 6.92 Å². The summed E-state index contributed by atoms with van der Waals surface area (Å²) in [7, 11) is 1.24. The third-order valence-electron chi connectivity index (χ3n) is 1.48. The molecule has 6 heteroatoms. The molecule has 0 bridgehead atoms. The molecule has 14 heavy (non-hydrogen) atoms. The van der Waals surface area contributed by atoms with E-state index in [4.69, 9.17) is 4.52 Å². The summed E-state index contributed by atoms with van der Waals surface area (Å²) >= 11 is 0. The summed E-state index contributed by atoms with van der Waals surface area (Å²) in [6, 6.07) is 1.48. The van der Waals surface area contributed by atoms with E-state index in [-0.39, 0.29) is 12.2 Å². The number of amides is 1. The van der Waals surface area contributed by atoms with E-state index >= 15 is 0 Å². The lowest BCUT2D eigenvalue weighted by atomic mass is 10.3. The third kappa shape index (κ3) is 2.58. The highest BCUT2D eigenvalue weighted by Gasteiger charge is 2.11. The van der Waals surface area contributed by atoms with E-state index in [1.54, 1.807) is 6.92 Å². The number of aromatic nitrogens is 1. The van der Waals surface area contributed by atoms with Crippen molar-refractivity contribution in [2.24, 2.45) is 0 Å². The van der Waals surface area contributed by atoms with Crippen molar-refractivity contribution in [3.05, 3.63) is 17.5 Å². The van der Waals surface area contributed by atoms with Gasteiger partial charge in [-0.1, -0.05) is 5.16 Å². The molecule has 1 aromatic rings. The Bertz CT molecular complexity index is 345. The SMILES string of the molecule is COC(=O)CNC(=O)c1cc(C)on1. The van der Waals surface area contributed by atoms with Crippen LogP contribution in [0.25, 0.3) is 0 Å². The van der Waals surface area contributed by atoms with Crippen LogP contribution in [-0.4, -0.2) is 30.7 Å². The van der Waals surface area contributed by atoms with Crippen molar-refractivity contribution in [2.75, 3.05) is 13.7 Å². The van der Waals surface area contributed by atoms with Gasteiger partial charge in [0.2, 0.25) is 0 Å². The molecule has 0 aliphatic heterocycles. The van der Waals surface area contributed by atoms with Crippen LogP contribution in [0.1, 0.15) is 16.2 Å². The Kier molecular flexibility index (Phi) is 3.22. The van der Waals surface area contributed by atoms with Crippen LogP contribution in [-0.2, 0) is 9.53 Å². The van der Waals surface area contributed by atoms with Gasteiger partial charge in [0.1, 0.15) is 12.3 Å². The van der Waals surface area contributed by atoms with Crippen molar-refractivity contribution in [1.29, 1.82) is 0 Å². The number of rotatable bonds is 3. The van der Waals surface area contributed by atoms with Crippen LogP contribution in [0.4, 0.5) is 0 Å². The molecule has 0 fully saturated rings. The summed E-state index contributed by atoms with van der Waals surface area (Å²) in [4.78, 5) is 21.9. The molecule has 1 rings (SSSR count). The Morgan fingerprint density at radius 1 is 1.64 bits per heavy atom. The molecule has 76 valence electrons. The molecular weight excluding hydrogens is 188 g/mol. The topological polar surface area (TPSA) is 81.4 Å². The highest BCUT2D eigenvalue weighted by atomic mass is 16.5. The second-order valence-electron chi connectivity index (χ2n) is 2.58. The zero-order valence-electron chi connectivity index (χ0n) is 7.86. The monoisotopic (exact) mass is 198 g/mol. The highest BCUT2D eigenvalue weighted by Crippen LogP contribution is 2.00. The Morgan fingerprint density at radius 3 is 2.86 bits per heavy atom. The van der Waals surface area contributed by atoms with Crippen LogP contribution in [0.3, 0.4) is 0 Å². The maximum absolute atomic E-state index is 11.2. The number of hydrogen-bond acceptors (Lipinski definition) is 5. The number of methoxy groups -OCH3 is 1. The number of ether oxygens (including phenoxy) is 1. The minimum Gasteiger partial charge on any atom is -0.468 e. The van der Waals surface area contributed by atoms with Crippen molar-refractivity contribution in [3.8, 4) is 0 Å². The van der Waals surface area contributed by atoms with E-state index in [2.05, 4.69) is 15.2 Å². The van der Waals surface area contributed by atoms with Gasteiger partial charge in [-0.15, -0.1) is 0 Å². The fourth-order valence-electron chi connectivity index (χ4n) is 0.789. The van der Waals surface area contributed by atoms with Crippen LogP contribution in [0.15, 0.2) is 10.6 Å². The van der Waals surface area contributed by atoms with Gasteiger partial charge in [0.25, 0.3) is 5.91 Å². The summed E-state index contributed by atoms with van der Waals surface area (Å²) in [6.07, 6.45) is 0. The Hall–Kier alpha value is -1.85. The predicted octanol–water partition coefficient (Wildman–Crippen LogP) is -0.114. The number of nitrogens with zero attached hydrogens (tertiary/aromatic N) is 1. The number of carbonyl (C=O) groups excluding carboxylic acids is 2. The van der Waals surface area contributed by atoms with Gasteiger partial charge in [-0.05, 0) is 6.92 Å². The number of esters is 1. The number of carbonyl (C=O) groups is 2. The first-order valence-electron chi connectivity index (χ1n) is 3.92. The highest BCUT2D eigenvalue weighted by molar-refractivity contribution is 5.94. The van der Waals surface area contributed by atoms with Crippen LogP contribution in [0.5, 0.6) is 0 Å². The summed E-state index contributed by atoms with van der Waals surface area (Å²) in [5.41, 5.74) is 0.145. The molecule has 6 nitrogen and oxygen atoms in total. The Labute approximate surface area is 80.2 Å². The van der Waals surface area contributed by atoms with E-state index in [0.717, 1.165) is 0 Å². The molecular formula is C8H10N2O4. The van der Waals surface area contributed by atoms with Gasteiger partial charge in [0.15, 0.2) is 5.69 Å². The van der Waals surface area contributed by atoms with E-state index in [9.17, 15) is 9.59 Å². The summed E-state index contributed by atoms with van der Waals surface area (Å²) < 4.78 is 9.04. The molecule has 0 aliphatic carbocycles. The average molecular weight is 198 g/mol. The zero-order chi connectivity index (χ0) is 10.6. The van der Waals surface area contributed by atoms with Crippen molar-refractivity contribution >= 4 is 11.9 Å². The average Bonchev–Trinajstić information content (AvgIpc) is 2.60. The molecule has 0 spiro atoms. The molecule has 0 aliphatic rings. The van der Waals surface area contributed by atoms with Gasteiger partial charge in [0.05, 0.1) is 7.11 Å². The van der Waals surface area contributed by atoms with Crippen LogP contribution >= 0.6 is 0 Å².